The van der Waals surface area contributed by atoms with Crippen molar-refractivity contribution in [3.63, 3.8) is 0 Å². The van der Waals surface area contributed by atoms with E-state index in [0.717, 1.165) is 38.7 Å². The molecule has 0 spiro atoms. The van der Waals surface area contributed by atoms with Crippen LogP contribution in [0, 0.1) is 20.8 Å². The molecule has 0 aliphatic heterocycles. The number of hydrogen-bond acceptors (Lipinski definition) is 3. The smallest absolute Gasteiger partial charge is 0.261 e. The van der Waals surface area contributed by atoms with Gasteiger partial charge in [0.25, 0.3) is 5.91 Å². The second-order valence-corrected chi connectivity index (χ2v) is 10.1. The van der Waals surface area contributed by atoms with Crippen LogP contribution in [0.1, 0.15) is 41.2 Å². The molecule has 0 saturated carbocycles. The van der Waals surface area contributed by atoms with E-state index >= 15 is 0 Å². The lowest BCUT2D eigenvalue weighted by atomic mass is 10.0. The highest BCUT2D eigenvalue weighted by molar-refractivity contribution is 9.10. The van der Waals surface area contributed by atoms with Gasteiger partial charge in [0, 0.05) is 24.0 Å². The van der Waals surface area contributed by atoms with E-state index in [-0.39, 0.29) is 18.4 Å². The Morgan fingerprint density at radius 3 is 2.33 bits per heavy atom. The zero-order valence-corrected chi connectivity index (χ0v) is 23.1. The third-order valence-electron chi connectivity index (χ3n) is 6.20. The maximum absolute atomic E-state index is 13.7. The summed E-state index contributed by atoms with van der Waals surface area (Å²) in [7, 11) is 0. The molecule has 1 atom stereocenters. The number of nitrogens with zero attached hydrogens (tertiary/aromatic N) is 1. The van der Waals surface area contributed by atoms with E-state index in [9.17, 15) is 9.59 Å². The summed E-state index contributed by atoms with van der Waals surface area (Å²) >= 11 is 3.47. The molecule has 0 aromatic heterocycles. The Kier molecular flexibility index (Phi) is 10.1. The predicted octanol–water partition coefficient (Wildman–Crippen LogP) is 5.92. The molecule has 5 nitrogen and oxygen atoms in total. The predicted molar refractivity (Wildman–Crippen MR) is 148 cm³/mol. The number of aryl methyl sites for hydroxylation is 2. The quantitative estimate of drug-likeness (QED) is 0.322. The molecule has 3 aromatic rings. The van der Waals surface area contributed by atoms with Crippen LogP contribution in [-0.4, -0.2) is 35.9 Å². The second-order valence-electron chi connectivity index (χ2n) is 9.14. The van der Waals surface area contributed by atoms with Crippen LogP contribution in [0.2, 0.25) is 0 Å². The normalized spacial score (nSPS) is 11.6. The van der Waals surface area contributed by atoms with Gasteiger partial charge in [-0.25, -0.2) is 0 Å². The van der Waals surface area contributed by atoms with Crippen molar-refractivity contribution in [1.29, 1.82) is 0 Å². The van der Waals surface area contributed by atoms with Crippen LogP contribution >= 0.6 is 15.9 Å². The number of benzene rings is 3. The summed E-state index contributed by atoms with van der Waals surface area (Å²) in [5, 5.41) is 3.00. The number of rotatable bonds is 11. The van der Waals surface area contributed by atoms with Crippen molar-refractivity contribution in [2.45, 2.75) is 53.1 Å². The van der Waals surface area contributed by atoms with Gasteiger partial charge >= 0.3 is 0 Å². The van der Waals surface area contributed by atoms with Crippen molar-refractivity contribution in [3.8, 4) is 5.75 Å². The fraction of sp³-hybridized carbons (Fsp3) is 0.333. The molecule has 0 saturated heterocycles. The molecular formula is C30H35BrN2O3. The number of amides is 2. The summed E-state index contributed by atoms with van der Waals surface area (Å²) in [6, 6.07) is 21.0. The standard InChI is InChI=1S/C30H35BrN2O3/c1-5-15-32-30(35)27(18-24-9-7-6-8-10-24)33(19-25-11-13-26(31)14-12-25)29(34)20-36-28-17-21(2)16-22(3)23(28)4/h6-14,16-17,27H,5,15,18-20H2,1-4H3,(H,32,35)/t27-/m0/s1. The zero-order valence-electron chi connectivity index (χ0n) is 21.5. The number of hydrogen-bond donors (Lipinski definition) is 1. The first kappa shape index (κ1) is 27.5. The summed E-state index contributed by atoms with van der Waals surface area (Å²) < 4.78 is 6.99. The van der Waals surface area contributed by atoms with Crippen molar-refractivity contribution in [1.82, 2.24) is 10.2 Å². The van der Waals surface area contributed by atoms with Gasteiger partial charge < -0.3 is 15.0 Å². The number of halogens is 1. The molecule has 0 bridgehead atoms. The van der Waals surface area contributed by atoms with Gasteiger partial charge in [-0.2, -0.15) is 0 Å². The van der Waals surface area contributed by atoms with Gasteiger partial charge in [0.2, 0.25) is 5.91 Å². The van der Waals surface area contributed by atoms with Crippen LogP contribution in [0.5, 0.6) is 5.75 Å². The lowest BCUT2D eigenvalue weighted by Gasteiger charge is -2.31. The second kappa shape index (κ2) is 13.3. The Morgan fingerprint density at radius 1 is 0.972 bits per heavy atom. The molecule has 0 aliphatic carbocycles. The van der Waals surface area contributed by atoms with Gasteiger partial charge in [-0.05, 0) is 73.2 Å². The lowest BCUT2D eigenvalue weighted by Crippen LogP contribution is -2.51. The molecule has 0 heterocycles. The summed E-state index contributed by atoms with van der Waals surface area (Å²) in [4.78, 5) is 28.7. The monoisotopic (exact) mass is 550 g/mol. The van der Waals surface area contributed by atoms with Crippen LogP contribution in [0.3, 0.4) is 0 Å². The van der Waals surface area contributed by atoms with Crippen LogP contribution in [0.15, 0.2) is 71.2 Å². The van der Waals surface area contributed by atoms with Gasteiger partial charge in [0.1, 0.15) is 11.8 Å². The molecule has 0 aliphatic rings. The highest BCUT2D eigenvalue weighted by Gasteiger charge is 2.30. The van der Waals surface area contributed by atoms with Gasteiger partial charge in [0.05, 0.1) is 0 Å². The highest BCUT2D eigenvalue weighted by Crippen LogP contribution is 2.24. The highest BCUT2D eigenvalue weighted by atomic mass is 79.9. The Balaban J connectivity index is 1.91. The number of carbonyl (C=O) groups excluding carboxylic acids is 2. The maximum atomic E-state index is 13.7. The molecule has 3 aromatic carbocycles. The molecule has 1 N–H and O–H groups in total. The minimum atomic E-state index is -0.668. The fourth-order valence-electron chi connectivity index (χ4n) is 4.08. The van der Waals surface area contributed by atoms with E-state index < -0.39 is 6.04 Å². The number of nitrogens with one attached hydrogen (secondary N) is 1. The van der Waals surface area contributed by atoms with Crippen molar-refractivity contribution in [2.24, 2.45) is 0 Å². The third kappa shape index (κ3) is 7.69. The van der Waals surface area contributed by atoms with E-state index in [1.54, 1.807) is 4.90 Å². The van der Waals surface area contributed by atoms with Crippen LogP contribution in [-0.2, 0) is 22.6 Å². The lowest BCUT2D eigenvalue weighted by molar-refractivity contribution is -0.142. The number of ether oxygens (including phenoxy) is 1. The van der Waals surface area contributed by atoms with Crippen molar-refractivity contribution in [2.75, 3.05) is 13.2 Å². The third-order valence-corrected chi connectivity index (χ3v) is 6.73. The summed E-state index contributed by atoms with van der Waals surface area (Å²) in [6.45, 7) is 8.76. The van der Waals surface area contributed by atoms with E-state index in [1.165, 1.54) is 0 Å². The zero-order chi connectivity index (χ0) is 26.1. The molecule has 0 radical (unpaired) electrons. The van der Waals surface area contributed by atoms with Gasteiger partial charge in [-0.3, -0.25) is 9.59 Å². The summed E-state index contributed by atoms with van der Waals surface area (Å²) in [5.41, 5.74) is 5.14. The van der Waals surface area contributed by atoms with E-state index in [0.29, 0.717) is 25.3 Å². The maximum Gasteiger partial charge on any atom is 0.261 e. The van der Waals surface area contributed by atoms with E-state index in [1.807, 2.05) is 88.4 Å². The van der Waals surface area contributed by atoms with Crippen LogP contribution in [0.25, 0.3) is 0 Å². The van der Waals surface area contributed by atoms with Crippen molar-refractivity contribution >= 4 is 27.7 Å². The first-order valence-electron chi connectivity index (χ1n) is 12.3. The average molecular weight is 552 g/mol. The Bertz CT molecular complexity index is 1160. The minimum absolute atomic E-state index is 0.146. The average Bonchev–Trinajstić information content (AvgIpc) is 2.87. The Labute approximate surface area is 223 Å². The molecule has 6 heteroatoms. The Hall–Kier alpha value is -3.12. The van der Waals surface area contributed by atoms with Gasteiger partial charge in [-0.15, -0.1) is 0 Å². The molecule has 2 amide bonds. The fourth-order valence-corrected chi connectivity index (χ4v) is 4.34. The summed E-state index contributed by atoms with van der Waals surface area (Å²) in [6.07, 6.45) is 1.24. The first-order chi connectivity index (χ1) is 17.3. The van der Waals surface area contributed by atoms with Crippen LogP contribution < -0.4 is 10.1 Å². The largest absolute Gasteiger partial charge is 0.483 e. The topological polar surface area (TPSA) is 58.6 Å². The molecular weight excluding hydrogens is 516 g/mol. The van der Waals surface area contributed by atoms with E-state index in [4.69, 9.17) is 4.74 Å². The summed E-state index contributed by atoms with van der Waals surface area (Å²) in [5.74, 6) is 0.303. The van der Waals surface area contributed by atoms with Crippen LogP contribution in [0.4, 0.5) is 0 Å². The SMILES string of the molecule is CCCNC(=O)[C@H](Cc1ccccc1)N(Cc1ccc(Br)cc1)C(=O)COc1cc(C)cc(C)c1C. The van der Waals surface area contributed by atoms with Crippen molar-refractivity contribution < 1.29 is 14.3 Å². The molecule has 3 rings (SSSR count). The first-order valence-corrected chi connectivity index (χ1v) is 13.1. The number of carbonyl (C=O) groups is 2. The minimum Gasteiger partial charge on any atom is -0.483 e. The van der Waals surface area contributed by atoms with Crippen molar-refractivity contribution in [3.05, 3.63) is 99.0 Å². The molecule has 0 unspecified atom stereocenters. The Morgan fingerprint density at radius 2 is 1.67 bits per heavy atom. The molecule has 36 heavy (non-hydrogen) atoms. The van der Waals surface area contributed by atoms with Gasteiger partial charge in [0.15, 0.2) is 6.61 Å². The van der Waals surface area contributed by atoms with Gasteiger partial charge in [-0.1, -0.05) is 71.4 Å². The molecule has 190 valence electrons. The van der Waals surface area contributed by atoms with E-state index in [2.05, 4.69) is 27.3 Å². The molecule has 0 fully saturated rings.